The maximum atomic E-state index is 15.0. The largest absolute Gasteiger partial charge is 0.516 e. The van der Waals surface area contributed by atoms with Crippen LogP contribution in [-0.4, -0.2) is 47.8 Å². The van der Waals surface area contributed by atoms with Crippen molar-refractivity contribution in [3.63, 3.8) is 0 Å². The molecule has 1 saturated carbocycles. The lowest BCUT2D eigenvalue weighted by Crippen LogP contribution is -2.37. The topological polar surface area (TPSA) is 183 Å². The standard InChI is InChI=1S/C26H28FN5O7/c1-4-19(33)15-6-7-17(27)21(23(15)39-26(36)38-12-37-24(34)22(29)13(2)3)16-9-18(16)31-25(35)32-20-8-5-14(10-28)11-30-20/h5-8,11,13,16,18,22H,4,9,12,29H2,1-3H3,(H2,30,31,32,35)/t16?,18?,22-/m0/s1. The first-order valence-electron chi connectivity index (χ1n) is 12.1. The lowest BCUT2D eigenvalue weighted by Gasteiger charge is -2.16. The van der Waals surface area contributed by atoms with Gasteiger partial charge in [0.15, 0.2) is 11.5 Å². The van der Waals surface area contributed by atoms with E-state index in [1.54, 1.807) is 20.8 Å². The molecule has 4 N–H and O–H groups in total. The van der Waals surface area contributed by atoms with Crippen molar-refractivity contribution in [1.82, 2.24) is 10.3 Å². The molecule has 39 heavy (non-hydrogen) atoms. The van der Waals surface area contributed by atoms with Crippen molar-refractivity contribution in [3.05, 3.63) is 53.0 Å². The molecule has 206 valence electrons. The third-order valence-electron chi connectivity index (χ3n) is 5.93. The van der Waals surface area contributed by atoms with Crippen molar-refractivity contribution in [2.75, 3.05) is 12.1 Å². The number of esters is 1. The molecule has 1 aliphatic rings. The molecule has 3 atom stereocenters. The van der Waals surface area contributed by atoms with E-state index >= 15 is 0 Å². The number of anilines is 1. The number of urea groups is 1. The SMILES string of the molecule is CCC(=O)c1ccc(F)c(C2CC2NC(=O)Nc2ccc(C#N)cn2)c1OC(=O)OCOC(=O)[C@@H](N)C(C)C. The highest BCUT2D eigenvalue weighted by Crippen LogP contribution is 2.47. The predicted octanol–water partition coefficient (Wildman–Crippen LogP) is 3.36. The van der Waals surface area contributed by atoms with E-state index in [0.717, 1.165) is 6.07 Å². The lowest BCUT2D eigenvalue weighted by molar-refractivity contribution is -0.155. The first-order valence-corrected chi connectivity index (χ1v) is 12.1. The van der Waals surface area contributed by atoms with Crippen LogP contribution in [0.5, 0.6) is 5.75 Å². The molecule has 0 spiro atoms. The molecule has 2 unspecified atom stereocenters. The average molecular weight is 542 g/mol. The monoisotopic (exact) mass is 541 g/mol. The number of nitrogens with one attached hydrogen (secondary N) is 2. The molecule has 0 bridgehead atoms. The van der Waals surface area contributed by atoms with Gasteiger partial charge in [-0.2, -0.15) is 5.26 Å². The molecular formula is C26H28FN5O7. The Balaban J connectivity index is 1.70. The van der Waals surface area contributed by atoms with Crippen LogP contribution in [0.4, 0.5) is 19.8 Å². The van der Waals surface area contributed by atoms with Gasteiger partial charge in [0.2, 0.25) is 6.79 Å². The minimum absolute atomic E-state index is 0.0402. The Kier molecular flexibility index (Phi) is 9.51. The van der Waals surface area contributed by atoms with E-state index in [1.165, 1.54) is 24.4 Å². The molecular weight excluding hydrogens is 513 g/mol. The van der Waals surface area contributed by atoms with Gasteiger partial charge < -0.3 is 25.3 Å². The zero-order chi connectivity index (χ0) is 28.7. The number of nitrogens with two attached hydrogens (primary N) is 1. The van der Waals surface area contributed by atoms with Crippen LogP contribution in [-0.2, 0) is 14.3 Å². The normalized spacial score (nSPS) is 16.4. The molecule has 3 rings (SSSR count). The molecule has 0 radical (unpaired) electrons. The van der Waals surface area contributed by atoms with Gasteiger partial charge in [-0.1, -0.05) is 20.8 Å². The summed E-state index contributed by atoms with van der Waals surface area (Å²) >= 11 is 0. The van der Waals surface area contributed by atoms with Gasteiger partial charge in [0.05, 0.1) is 11.1 Å². The van der Waals surface area contributed by atoms with Crippen LogP contribution in [0.25, 0.3) is 0 Å². The summed E-state index contributed by atoms with van der Waals surface area (Å²) in [6.45, 7) is 4.23. The molecule has 1 aromatic carbocycles. The highest BCUT2D eigenvalue weighted by Gasteiger charge is 2.44. The number of rotatable bonds is 10. The van der Waals surface area contributed by atoms with Crippen LogP contribution in [0.15, 0.2) is 30.5 Å². The summed E-state index contributed by atoms with van der Waals surface area (Å²) in [5, 5.41) is 14.0. The Morgan fingerprint density at radius 3 is 2.56 bits per heavy atom. The minimum Gasteiger partial charge on any atom is -0.427 e. The third-order valence-corrected chi connectivity index (χ3v) is 5.93. The zero-order valence-electron chi connectivity index (χ0n) is 21.5. The van der Waals surface area contributed by atoms with Crippen molar-refractivity contribution >= 4 is 29.8 Å². The number of halogens is 1. The maximum absolute atomic E-state index is 15.0. The van der Waals surface area contributed by atoms with E-state index < -0.39 is 54.6 Å². The molecule has 0 aliphatic heterocycles. The van der Waals surface area contributed by atoms with Gasteiger partial charge in [0.25, 0.3) is 0 Å². The third kappa shape index (κ3) is 7.48. The molecule has 1 aromatic heterocycles. The second-order valence-electron chi connectivity index (χ2n) is 9.05. The number of benzene rings is 1. The molecule has 0 saturated heterocycles. The number of carbonyl (C=O) groups excluding carboxylic acids is 4. The number of hydrogen-bond donors (Lipinski definition) is 3. The molecule has 2 aromatic rings. The zero-order valence-corrected chi connectivity index (χ0v) is 21.5. The fourth-order valence-corrected chi connectivity index (χ4v) is 3.59. The Morgan fingerprint density at radius 2 is 1.95 bits per heavy atom. The molecule has 1 aliphatic carbocycles. The highest BCUT2D eigenvalue weighted by atomic mass is 19.1. The van der Waals surface area contributed by atoms with E-state index in [9.17, 15) is 23.6 Å². The average Bonchev–Trinajstić information content (AvgIpc) is 3.66. The number of aromatic nitrogens is 1. The van der Waals surface area contributed by atoms with Crippen LogP contribution >= 0.6 is 0 Å². The van der Waals surface area contributed by atoms with E-state index in [4.69, 9.17) is 25.2 Å². The van der Waals surface area contributed by atoms with Gasteiger partial charge in [0, 0.05) is 30.1 Å². The molecule has 2 amide bonds. The first-order chi connectivity index (χ1) is 18.5. The van der Waals surface area contributed by atoms with E-state index in [1.807, 2.05) is 6.07 Å². The number of Topliss-reactive ketones (excluding diaryl/α,β-unsaturated/α-hetero) is 1. The summed E-state index contributed by atoms with van der Waals surface area (Å²) in [4.78, 5) is 53.1. The van der Waals surface area contributed by atoms with E-state index in [2.05, 4.69) is 15.6 Å². The molecule has 1 fully saturated rings. The van der Waals surface area contributed by atoms with Crippen molar-refractivity contribution < 1.29 is 37.8 Å². The quantitative estimate of drug-likeness (QED) is 0.174. The van der Waals surface area contributed by atoms with Crippen molar-refractivity contribution in [3.8, 4) is 11.8 Å². The van der Waals surface area contributed by atoms with E-state index in [-0.39, 0.29) is 35.0 Å². The predicted molar refractivity (Wildman–Crippen MR) is 134 cm³/mol. The van der Waals surface area contributed by atoms with Crippen LogP contribution in [0.2, 0.25) is 0 Å². The number of nitrogens with zero attached hydrogens (tertiary/aromatic N) is 2. The van der Waals surface area contributed by atoms with Gasteiger partial charge in [-0.15, -0.1) is 0 Å². The first kappa shape index (κ1) is 29.0. The molecule has 1 heterocycles. The van der Waals surface area contributed by atoms with Crippen molar-refractivity contribution in [2.45, 2.75) is 51.6 Å². The number of pyridine rings is 1. The van der Waals surface area contributed by atoms with E-state index in [0.29, 0.717) is 12.0 Å². The van der Waals surface area contributed by atoms with Gasteiger partial charge in [0.1, 0.15) is 23.7 Å². The van der Waals surface area contributed by atoms with Crippen LogP contribution in [0, 0.1) is 23.1 Å². The Labute approximate surface area is 223 Å². The lowest BCUT2D eigenvalue weighted by atomic mass is 10.00. The van der Waals surface area contributed by atoms with Crippen LogP contribution in [0.3, 0.4) is 0 Å². The van der Waals surface area contributed by atoms with Gasteiger partial charge in [-0.25, -0.2) is 19.0 Å². The van der Waals surface area contributed by atoms with Crippen molar-refractivity contribution in [1.29, 1.82) is 5.26 Å². The summed E-state index contributed by atoms with van der Waals surface area (Å²) in [6.07, 6.45) is 0.315. The summed E-state index contributed by atoms with van der Waals surface area (Å²) in [5.74, 6) is -2.89. The summed E-state index contributed by atoms with van der Waals surface area (Å²) < 4.78 is 29.8. The highest BCUT2D eigenvalue weighted by molar-refractivity contribution is 5.99. The Bertz CT molecular complexity index is 1290. The Morgan fingerprint density at radius 1 is 1.21 bits per heavy atom. The fourth-order valence-electron chi connectivity index (χ4n) is 3.59. The fraction of sp³-hybridized carbons (Fsp3) is 0.385. The number of ketones is 1. The summed E-state index contributed by atoms with van der Waals surface area (Å²) in [6, 6.07) is 5.05. The molecule has 13 heteroatoms. The van der Waals surface area contributed by atoms with Gasteiger partial charge >= 0.3 is 18.2 Å². The van der Waals surface area contributed by atoms with Crippen LogP contribution in [0.1, 0.15) is 61.0 Å². The van der Waals surface area contributed by atoms with Crippen LogP contribution < -0.4 is 21.1 Å². The Hall–Kier alpha value is -4.57. The second-order valence-corrected chi connectivity index (χ2v) is 9.05. The number of amides is 2. The number of nitriles is 1. The van der Waals surface area contributed by atoms with Gasteiger partial charge in [-0.3, -0.25) is 14.9 Å². The second kappa shape index (κ2) is 12.8. The maximum Gasteiger partial charge on any atom is 0.516 e. The smallest absolute Gasteiger partial charge is 0.427 e. The number of carbonyl (C=O) groups is 4. The van der Waals surface area contributed by atoms with Gasteiger partial charge in [-0.05, 0) is 36.6 Å². The molecule has 12 nitrogen and oxygen atoms in total. The minimum atomic E-state index is -1.33. The van der Waals surface area contributed by atoms with Crippen molar-refractivity contribution in [2.24, 2.45) is 11.7 Å². The number of ether oxygens (including phenoxy) is 3. The number of hydrogen-bond acceptors (Lipinski definition) is 10. The summed E-state index contributed by atoms with van der Waals surface area (Å²) in [5.41, 5.74) is 5.88. The summed E-state index contributed by atoms with van der Waals surface area (Å²) in [7, 11) is 0.